The SMILES string of the molecule is C[Si]1(C)/C=C\[Si](C)(C)[Si](C)(C)/C=C\[Si]1(C)C. The van der Waals surface area contributed by atoms with Gasteiger partial charge in [0, 0.05) is 0 Å². The molecule has 0 spiro atoms. The maximum Gasteiger partial charge on any atom is 0.0683 e. The number of hydrogen-bond acceptors (Lipinski definition) is 0. The van der Waals surface area contributed by atoms with Gasteiger partial charge in [-0.3, -0.25) is 0 Å². The molecule has 1 aliphatic rings. The van der Waals surface area contributed by atoms with Crippen molar-refractivity contribution < 1.29 is 0 Å². The van der Waals surface area contributed by atoms with Gasteiger partial charge in [0.05, 0.1) is 30.4 Å². The molecule has 0 aliphatic carbocycles. The minimum Gasteiger partial charge on any atom is -0.104 e. The van der Waals surface area contributed by atoms with Gasteiger partial charge >= 0.3 is 0 Å². The monoisotopic (exact) mass is 284 g/mol. The van der Waals surface area contributed by atoms with Gasteiger partial charge in [-0.25, -0.2) is 0 Å². The molecule has 0 N–H and O–H groups in total. The quantitative estimate of drug-likeness (QED) is 0.583. The highest BCUT2D eigenvalue weighted by Gasteiger charge is 2.43. The van der Waals surface area contributed by atoms with Gasteiger partial charge in [0.2, 0.25) is 0 Å². The fourth-order valence-corrected chi connectivity index (χ4v) is 18.2. The van der Waals surface area contributed by atoms with Crippen LogP contribution in [0.1, 0.15) is 0 Å². The van der Waals surface area contributed by atoms with E-state index in [-0.39, 0.29) is 0 Å². The van der Waals surface area contributed by atoms with Crippen molar-refractivity contribution in [2.45, 2.75) is 52.4 Å². The molecule has 0 saturated carbocycles. The van der Waals surface area contributed by atoms with Crippen molar-refractivity contribution in [3.63, 3.8) is 0 Å². The highest BCUT2D eigenvalue weighted by Crippen LogP contribution is 2.30. The summed E-state index contributed by atoms with van der Waals surface area (Å²) in [6.45, 7) is 20.5. The Morgan fingerprint density at radius 1 is 0.375 bits per heavy atom. The van der Waals surface area contributed by atoms with Gasteiger partial charge in [-0.15, -0.1) is 22.8 Å². The van der Waals surface area contributed by atoms with Crippen molar-refractivity contribution in [1.29, 1.82) is 0 Å². The Kier molecular flexibility index (Phi) is 3.54. The predicted octanol–water partition coefficient (Wildman–Crippen LogP) is 4.26. The first-order chi connectivity index (χ1) is 6.91. The molecule has 0 fully saturated rings. The molecule has 92 valence electrons. The Morgan fingerprint density at radius 3 is 0.625 bits per heavy atom. The van der Waals surface area contributed by atoms with Crippen molar-refractivity contribution >= 4 is 30.4 Å². The normalized spacial score (nSPS) is 33.5. The Labute approximate surface area is 105 Å². The van der Waals surface area contributed by atoms with E-state index < -0.39 is 30.4 Å². The van der Waals surface area contributed by atoms with Gasteiger partial charge in [0.15, 0.2) is 0 Å². The smallest absolute Gasteiger partial charge is 0.0683 e. The van der Waals surface area contributed by atoms with Gasteiger partial charge in [-0.1, -0.05) is 52.4 Å². The third kappa shape index (κ3) is 2.44. The molecule has 0 atom stereocenters. The fourth-order valence-electron chi connectivity index (χ4n) is 1.69. The molecule has 0 aromatic rings. The topological polar surface area (TPSA) is 0 Å². The molecule has 1 rings (SSSR count). The van der Waals surface area contributed by atoms with Gasteiger partial charge in [-0.2, -0.15) is 0 Å². The second-order valence-corrected chi connectivity index (χ2v) is 38.1. The molecule has 1 aliphatic heterocycles. The molecule has 0 aromatic heterocycles. The van der Waals surface area contributed by atoms with E-state index in [1.165, 1.54) is 0 Å². The molecule has 1 heterocycles. The summed E-state index contributed by atoms with van der Waals surface area (Å²) in [4.78, 5) is 0. The summed E-state index contributed by atoms with van der Waals surface area (Å²) in [6, 6.07) is 0. The molecule has 0 saturated heterocycles. The molecule has 0 aromatic carbocycles. The van der Waals surface area contributed by atoms with Crippen molar-refractivity contribution in [1.82, 2.24) is 0 Å². The minimum atomic E-state index is -1.12. The van der Waals surface area contributed by atoms with E-state index >= 15 is 0 Å². The first-order valence-corrected chi connectivity index (χ1v) is 20.6. The van der Waals surface area contributed by atoms with Crippen molar-refractivity contribution in [3.05, 3.63) is 22.8 Å². The number of hydrogen-bond donors (Lipinski definition) is 0. The molecule has 0 nitrogen and oxygen atoms in total. The summed E-state index contributed by atoms with van der Waals surface area (Å²) in [5.41, 5.74) is 10.8. The third-order valence-corrected chi connectivity index (χ3v) is 38.4. The van der Waals surface area contributed by atoms with E-state index in [0.717, 1.165) is 0 Å². The van der Waals surface area contributed by atoms with Crippen LogP contribution in [0, 0.1) is 0 Å². The van der Waals surface area contributed by atoms with Gasteiger partial charge in [0.1, 0.15) is 0 Å². The summed E-state index contributed by atoms with van der Waals surface area (Å²) in [6.07, 6.45) is 0. The highest BCUT2D eigenvalue weighted by atomic mass is 29.3. The highest BCUT2D eigenvalue weighted by molar-refractivity contribution is 7.49. The summed E-state index contributed by atoms with van der Waals surface area (Å²) in [7, 11) is -4.49. The lowest BCUT2D eigenvalue weighted by molar-refractivity contribution is 1.74. The van der Waals surface area contributed by atoms with E-state index in [0.29, 0.717) is 0 Å². The molecular weight excluding hydrogens is 256 g/mol. The lowest BCUT2D eigenvalue weighted by atomic mass is 11.2. The maximum absolute atomic E-state index is 2.70. The van der Waals surface area contributed by atoms with E-state index in [1.807, 2.05) is 0 Å². The van der Waals surface area contributed by atoms with Crippen LogP contribution in [0.15, 0.2) is 22.8 Å². The van der Waals surface area contributed by atoms with Crippen LogP contribution in [0.25, 0.3) is 0 Å². The molecule has 0 amide bonds. The maximum atomic E-state index is 2.70. The first kappa shape index (κ1) is 14.4. The van der Waals surface area contributed by atoms with E-state index in [4.69, 9.17) is 0 Å². The fraction of sp³-hybridized carbons (Fsp3) is 0.667. The van der Waals surface area contributed by atoms with Crippen molar-refractivity contribution in [2.24, 2.45) is 0 Å². The number of rotatable bonds is 0. The van der Waals surface area contributed by atoms with Crippen LogP contribution < -0.4 is 0 Å². The van der Waals surface area contributed by atoms with Gasteiger partial charge < -0.3 is 0 Å². The standard InChI is InChI=1S/C12H28Si4/c1-13(2)9-10-15(5,6)16(7,8)12-11-14(13,3)4/h9-12H,1-8H3/b10-9-,12-11-. The zero-order valence-electron chi connectivity index (χ0n) is 12.3. The zero-order valence-corrected chi connectivity index (χ0v) is 16.3. The molecule has 0 unspecified atom stereocenters. The second-order valence-electron chi connectivity index (χ2n) is 7.55. The lowest BCUT2D eigenvalue weighted by Gasteiger charge is -2.41. The molecule has 0 bridgehead atoms. The molecule has 0 radical (unpaired) electrons. The van der Waals surface area contributed by atoms with Crippen LogP contribution in [0.3, 0.4) is 0 Å². The molecule has 4 heteroatoms. The van der Waals surface area contributed by atoms with Crippen LogP contribution in [-0.2, 0) is 0 Å². The van der Waals surface area contributed by atoms with Crippen LogP contribution in [0.2, 0.25) is 52.4 Å². The Hall–Kier alpha value is 0.348. The van der Waals surface area contributed by atoms with Crippen LogP contribution >= 0.6 is 0 Å². The largest absolute Gasteiger partial charge is 0.104 e. The lowest BCUT2D eigenvalue weighted by Crippen LogP contribution is -2.58. The summed E-state index contributed by atoms with van der Waals surface area (Å²) in [5.74, 6) is 0. The van der Waals surface area contributed by atoms with E-state index in [9.17, 15) is 0 Å². The van der Waals surface area contributed by atoms with Crippen molar-refractivity contribution in [3.8, 4) is 0 Å². The molecular formula is C12H28Si4. The van der Waals surface area contributed by atoms with Crippen LogP contribution in [0.5, 0.6) is 0 Å². The van der Waals surface area contributed by atoms with Crippen LogP contribution in [0.4, 0.5) is 0 Å². The predicted molar refractivity (Wildman–Crippen MR) is 88.2 cm³/mol. The van der Waals surface area contributed by atoms with E-state index in [2.05, 4.69) is 75.2 Å². The van der Waals surface area contributed by atoms with Gasteiger partial charge in [0.25, 0.3) is 0 Å². The minimum absolute atomic E-state index is 1.12. The zero-order chi connectivity index (χ0) is 12.8. The van der Waals surface area contributed by atoms with Crippen LogP contribution in [-0.4, -0.2) is 30.4 Å². The van der Waals surface area contributed by atoms with E-state index in [1.54, 1.807) is 0 Å². The Bertz CT molecular complexity index is 269. The average Bonchev–Trinajstić information content (AvgIpc) is 2.11. The second kappa shape index (κ2) is 3.93. The summed E-state index contributed by atoms with van der Waals surface area (Å²) >= 11 is 0. The third-order valence-electron chi connectivity index (χ3n) is 5.15. The van der Waals surface area contributed by atoms with Gasteiger partial charge in [-0.05, 0) is 0 Å². The van der Waals surface area contributed by atoms with Crippen molar-refractivity contribution in [2.75, 3.05) is 0 Å². The Morgan fingerprint density at radius 2 is 0.500 bits per heavy atom. The molecule has 16 heavy (non-hydrogen) atoms. The Balaban J connectivity index is 3.29. The summed E-state index contributed by atoms with van der Waals surface area (Å²) < 4.78 is 0. The average molecular weight is 285 g/mol. The first-order valence-electron chi connectivity index (χ1n) is 6.32. The summed E-state index contributed by atoms with van der Waals surface area (Å²) in [5, 5.41) is 0.